The van der Waals surface area contributed by atoms with Crippen molar-refractivity contribution in [2.45, 2.75) is 132 Å². The zero-order valence-electron chi connectivity index (χ0n) is 34.3. The molecule has 2 unspecified atom stereocenters. The third kappa shape index (κ3) is 23.3. The summed E-state index contributed by atoms with van der Waals surface area (Å²) < 4.78 is 1.46. The average Bonchev–Trinajstić information content (AvgIpc) is 3.61. The van der Waals surface area contributed by atoms with Crippen LogP contribution >= 0.6 is 11.8 Å². The quantitative estimate of drug-likeness (QED) is 0.0840. The number of carbonyl (C=O) groups excluding carboxylic acids is 5. The molecule has 0 aliphatic heterocycles. The molecule has 4 amide bonds. The van der Waals surface area contributed by atoms with Crippen molar-refractivity contribution in [2.75, 3.05) is 25.1 Å². The highest BCUT2D eigenvalue weighted by molar-refractivity contribution is 7.98. The lowest BCUT2D eigenvalue weighted by Crippen LogP contribution is -2.51. The maximum absolute atomic E-state index is 12.9. The molecule has 6 N–H and O–H groups in total. The van der Waals surface area contributed by atoms with Gasteiger partial charge in [0.05, 0.1) is 12.2 Å². The number of aromatic nitrogens is 3. The number of aryl methyl sites for hydroxylation is 1. The van der Waals surface area contributed by atoms with Crippen molar-refractivity contribution in [1.29, 1.82) is 0 Å². The van der Waals surface area contributed by atoms with Crippen molar-refractivity contribution in [3.05, 3.63) is 47.3 Å². The molecule has 0 spiro atoms. The largest absolute Gasteiger partial charge is 0.480 e. The van der Waals surface area contributed by atoms with E-state index < -0.39 is 42.3 Å². The van der Waals surface area contributed by atoms with Crippen LogP contribution in [0.4, 0.5) is 0 Å². The van der Waals surface area contributed by atoms with Crippen molar-refractivity contribution < 1.29 is 33.9 Å². The van der Waals surface area contributed by atoms with E-state index in [0.717, 1.165) is 5.56 Å². The fraction of sp³-hybridized carbons (Fsp3) is 0.641. The van der Waals surface area contributed by atoms with E-state index in [0.29, 0.717) is 61.8 Å². The van der Waals surface area contributed by atoms with E-state index in [4.69, 9.17) is 0 Å². The fourth-order valence-corrected chi connectivity index (χ4v) is 5.01. The predicted molar refractivity (Wildman–Crippen MR) is 218 cm³/mol. The molecular weight excluding hydrogens is 725 g/mol. The number of thioether (sulfide) groups is 1. The van der Waals surface area contributed by atoms with Gasteiger partial charge in [-0.3, -0.25) is 24.0 Å². The number of benzene rings is 1. The zero-order valence-corrected chi connectivity index (χ0v) is 35.1. The number of nitrogens with zero attached hydrogens (tertiary/aromatic N) is 3. The molecule has 2 aromatic rings. The second-order valence-electron chi connectivity index (χ2n) is 13.3. The first-order chi connectivity index (χ1) is 26.2. The standard InChI is InChI=1S/C34H52N8O7S.C3H8.C2H6/c1-22(2)29(43)21-42-20-26(40-41-42)13-14-30(44)35-16-7-6-8-28(34(48)49)38-31(45)19-37-33(47)27(15-17-50-5)39-32(46)25-11-9-24(10-12-25)18-36-23(3)4;1-3-2;1-2/h9-12,20,22-23,27-28,36H,6-8,13-19,21H2,1-5H3,(H,35,44)(H,37,47)(H,38,45)(H,39,46)(H,48,49);3H2,1-2H3;1-2H3. The lowest BCUT2D eigenvalue weighted by molar-refractivity contribution is -0.142. The molecule has 0 bridgehead atoms. The summed E-state index contributed by atoms with van der Waals surface area (Å²) in [6.45, 7) is 16.6. The second-order valence-corrected chi connectivity index (χ2v) is 14.3. The number of amides is 4. The molecule has 0 saturated carbocycles. The van der Waals surface area contributed by atoms with Crippen LogP contribution in [0.25, 0.3) is 0 Å². The Morgan fingerprint density at radius 2 is 1.53 bits per heavy atom. The lowest BCUT2D eigenvalue weighted by atomic mass is 10.1. The molecule has 0 aliphatic rings. The number of Topliss-reactive ketones (excluding diaryl/α,β-unsaturated/α-hetero) is 1. The Bertz CT molecular complexity index is 1430. The highest BCUT2D eigenvalue weighted by Crippen LogP contribution is 2.08. The van der Waals surface area contributed by atoms with Crippen LogP contribution in [0, 0.1) is 5.92 Å². The summed E-state index contributed by atoms with van der Waals surface area (Å²) in [6.07, 6.45) is 6.70. The van der Waals surface area contributed by atoms with Gasteiger partial charge in [0.2, 0.25) is 17.7 Å². The molecule has 0 saturated heterocycles. The van der Waals surface area contributed by atoms with E-state index in [1.165, 1.54) is 22.9 Å². The summed E-state index contributed by atoms with van der Waals surface area (Å²) in [4.78, 5) is 74.2. The molecule has 2 rings (SSSR count). The van der Waals surface area contributed by atoms with Gasteiger partial charge in [-0.25, -0.2) is 9.48 Å². The highest BCUT2D eigenvalue weighted by Gasteiger charge is 2.24. The summed E-state index contributed by atoms with van der Waals surface area (Å²) >= 11 is 1.51. The van der Waals surface area contributed by atoms with Gasteiger partial charge >= 0.3 is 5.97 Å². The maximum atomic E-state index is 12.9. The van der Waals surface area contributed by atoms with Gasteiger partial charge in [-0.15, -0.1) is 5.10 Å². The smallest absolute Gasteiger partial charge is 0.326 e. The van der Waals surface area contributed by atoms with Gasteiger partial charge in [0.15, 0.2) is 5.78 Å². The van der Waals surface area contributed by atoms with Gasteiger partial charge in [-0.05, 0) is 55.4 Å². The number of hydrogen-bond donors (Lipinski definition) is 6. The van der Waals surface area contributed by atoms with Crippen molar-refractivity contribution in [2.24, 2.45) is 5.92 Å². The number of carboxylic acid groups (broad SMARTS) is 1. The van der Waals surface area contributed by atoms with E-state index >= 15 is 0 Å². The number of hydrogen-bond acceptors (Lipinski definition) is 10. The number of nitrogens with one attached hydrogen (secondary N) is 5. The molecular formula is C39H66N8O7S. The lowest BCUT2D eigenvalue weighted by Gasteiger charge is -2.19. The normalized spacial score (nSPS) is 11.6. The minimum Gasteiger partial charge on any atom is -0.480 e. The molecule has 2 atom stereocenters. The molecule has 0 fully saturated rings. The van der Waals surface area contributed by atoms with Gasteiger partial charge in [0.1, 0.15) is 18.6 Å². The third-order valence-electron chi connectivity index (χ3n) is 7.62. The van der Waals surface area contributed by atoms with Gasteiger partial charge < -0.3 is 31.7 Å². The molecule has 55 heavy (non-hydrogen) atoms. The van der Waals surface area contributed by atoms with Crippen LogP contribution < -0.4 is 26.6 Å². The minimum atomic E-state index is -1.21. The van der Waals surface area contributed by atoms with Crippen molar-refractivity contribution in [3.8, 4) is 0 Å². The monoisotopic (exact) mass is 790 g/mol. The van der Waals surface area contributed by atoms with Crippen molar-refractivity contribution in [1.82, 2.24) is 41.6 Å². The van der Waals surface area contributed by atoms with Crippen LogP contribution in [0.5, 0.6) is 0 Å². The van der Waals surface area contributed by atoms with E-state index in [1.54, 1.807) is 18.3 Å². The minimum absolute atomic E-state index is 0.0386. The molecule has 15 nitrogen and oxygen atoms in total. The fourth-order valence-electron chi connectivity index (χ4n) is 4.54. The van der Waals surface area contributed by atoms with Crippen LogP contribution in [-0.4, -0.2) is 98.7 Å². The first-order valence-electron chi connectivity index (χ1n) is 19.3. The van der Waals surface area contributed by atoms with Crippen molar-refractivity contribution >= 4 is 47.1 Å². The molecule has 1 heterocycles. The van der Waals surface area contributed by atoms with Crippen molar-refractivity contribution in [3.63, 3.8) is 0 Å². The number of rotatable bonds is 24. The number of carbonyl (C=O) groups is 6. The van der Waals surface area contributed by atoms with E-state index in [9.17, 15) is 33.9 Å². The summed E-state index contributed by atoms with van der Waals surface area (Å²) in [5.74, 6) is -2.53. The van der Waals surface area contributed by atoms with Crippen LogP contribution in [-0.2, 0) is 43.5 Å². The molecule has 0 radical (unpaired) electrons. The summed E-state index contributed by atoms with van der Waals surface area (Å²) in [7, 11) is 0. The van der Waals surface area contributed by atoms with E-state index in [2.05, 4.69) is 50.7 Å². The van der Waals surface area contributed by atoms with Gasteiger partial charge in [0, 0.05) is 49.7 Å². The average molecular weight is 791 g/mol. The Morgan fingerprint density at radius 1 is 0.873 bits per heavy atom. The summed E-state index contributed by atoms with van der Waals surface area (Å²) in [5, 5.41) is 31.3. The van der Waals surface area contributed by atoms with E-state index in [-0.39, 0.29) is 37.0 Å². The highest BCUT2D eigenvalue weighted by atomic mass is 32.2. The van der Waals surface area contributed by atoms with Crippen LogP contribution in [0.3, 0.4) is 0 Å². The Kier molecular flexibility index (Phi) is 27.6. The molecule has 310 valence electrons. The van der Waals surface area contributed by atoms with Crippen LogP contribution in [0.1, 0.15) is 116 Å². The predicted octanol–water partition coefficient (Wildman–Crippen LogP) is 3.90. The first-order valence-corrected chi connectivity index (χ1v) is 20.7. The maximum Gasteiger partial charge on any atom is 0.326 e. The van der Waals surface area contributed by atoms with E-state index in [1.807, 2.05) is 59.9 Å². The number of aliphatic carboxylic acids is 1. The Morgan fingerprint density at radius 3 is 2.11 bits per heavy atom. The Labute approximate surface area is 331 Å². The summed E-state index contributed by atoms with van der Waals surface area (Å²) in [5.41, 5.74) is 2.02. The Balaban J connectivity index is 0.00000554. The van der Waals surface area contributed by atoms with Gasteiger partial charge in [0.25, 0.3) is 5.91 Å². The topological polar surface area (TPSA) is 214 Å². The number of unbranched alkanes of at least 4 members (excludes halogenated alkanes) is 1. The number of ketones is 1. The SMILES string of the molecule is CC.CCC.CSCCC(NC(=O)c1ccc(CNC(C)C)cc1)C(=O)NCC(=O)NC(CCCCNC(=O)CCc1cn(CC(=O)C(C)C)nn1)C(=O)O. The van der Waals surface area contributed by atoms with Crippen LogP contribution in [0.15, 0.2) is 30.5 Å². The second kappa shape index (κ2) is 30.0. The number of carboxylic acids is 1. The van der Waals surface area contributed by atoms with Gasteiger partial charge in [-0.2, -0.15) is 11.8 Å². The molecule has 0 aliphatic carbocycles. The summed E-state index contributed by atoms with van der Waals surface area (Å²) in [6, 6.07) is 5.35. The first kappa shape index (κ1) is 50.7. The van der Waals surface area contributed by atoms with Gasteiger partial charge in [-0.1, -0.05) is 79.2 Å². The third-order valence-corrected chi connectivity index (χ3v) is 8.26. The van der Waals surface area contributed by atoms with Crippen LogP contribution in [0.2, 0.25) is 0 Å². The molecule has 1 aromatic carbocycles. The molecule has 16 heteroatoms. The molecule has 1 aromatic heterocycles. The zero-order chi connectivity index (χ0) is 41.8. The Hall–Kier alpha value is -4.31.